The van der Waals surface area contributed by atoms with Crippen LogP contribution in [0.5, 0.6) is 0 Å². The minimum Gasteiger partial charge on any atom is -0.353 e. The van der Waals surface area contributed by atoms with Gasteiger partial charge in [0.05, 0.1) is 0 Å². The third-order valence-electron chi connectivity index (χ3n) is 5.49. The van der Waals surface area contributed by atoms with Crippen LogP contribution in [0.2, 0.25) is 5.02 Å². The van der Waals surface area contributed by atoms with E-state index in [9.17, 15) is 4.79 Å². The van der Waals surface area contributed by atoms with Crippen LogP contribution in [0.4, 0.5) is 11.8 Å². The predicted molar refractivity (Wildman–Crippen MR) is 112 cm³/mol. The zero-order chi connectivity index (χ0) is 19.3. The highest BCUT2D eigenvalue weighted by molar-refractivity contribution is 6.30. The number of nitrogens with zero attached hydrogens (tertiary/aromatic N) is 5. The highest BCUT2D eigenvalue weighted by Crippen LogP contribution is 2.20. The number of amides is 1. The Bertz CT molecular complexity index is 816. The number of hydrogen-bond donors (Lipinski definition) is 0. The minimum absolute atomic E-state index is 0.208. The van der Waals surface area contributed by atoms with E-state index in [1.54, 1.807) is 0 Å². The normalized spacial score (nSPS) is 17.2. The van der Waals surface area contributed by atoms with Crippen molar-refractivity contribution in [1.29, 1.82) is 0 Å². The van der Waals surface area contributed by atoms with Gasteiger partial charge in [0.25, 0.3) is 0 Å². The van der Waals surface area contributed by atoms with Crippen molar-refractivity contribution in [3.63, 3.8) is 0 Å². The molecule has 0 aliphatic carbocycles. The topological polar surface area (TPSA) is 52.6 Å². The molecule has 0 spiro atoms. The van der Waals surface area contributed by atoms with Gasteiger partial charge in [-0.25, -0.2) is 4.98 Å². The Kier molecular flexibility index (Phi) is 5.95. The SMILES string of the molecule is O=C(CCc1cccc(Cl)c1)N1CCN(c2ccnc(N3CCCC3)n2)CC1. The molecule has 2 aliphatic heterocycles. The van der Waals surface area contributed by atoms with E-state index in [-0.39, 0.29) is 5.91 Å². The fraction of sp³-hybridized carbons (Fsp3) is 0.476. The second-order valence-corrected chi connectivity index (χ2v) is 7.84. The van der Waals surface area contributed by atoms with Crippen LogP contribution in [0.1, 0.15) is 24.8 Å². The van der Waals surface area contributed by atoms with Gasteiger partial charge in [0, 0.05) is 56.9 Å². The van der Waals surface area contributed by atoms with Crippen molar-refractivity contribution in [2.45, 2.75) is 25.7 Å². The first kappa shape index (κ1) is 19.0. The van der Waals surface area contributed by atoms with Gasteiger partial charge in [-0.15, -0.1) is 0 Å². The second kappa shape index (κ2) is 8.78. The molecule has 2 aliphatic rings. The molecule has 4 rings (SSSR count). The first-order valence-corrected chi connectivity index (χ1v) is 10.4. The first-order valence-electron chi connectivity index (χ1n) is 10.0. The van der Waals surface area contributed by atoms with Gasteiger partial charge in [-0.05, 0) is 43.0 Å². The summed E-state index contributed by atoms with van der Waals surface area (Å²) < 4.78 is 0. The number of aryl methyl sites for hydroxylation is 1. The third kappa shape index (κ3) is 4.55. The van der Waals surface area contributed by atoms with Crippen LogP contribution in [0.3, 0.4) is 0 Å². The Morgan fingerprint density at radius 2 is 1.79 bits per heavy atom. The molecule has 7 heteroatoms. The molecular weight excluding hydrogens is 374 g/mol. The molecule has 148 valence electrons. The van der Waals surface area contributed by atoms with E-state index < -0.39 is 0 Å². The van der Waals surface area contributed by atoms with Gasteiger partial charge in [-0.3, -0.25) is 4.79 Å². The van der Waals surface area contributed by atoms with E-state index >= 15 is 0 Å². The number of carbonyl (C=O) groups excluding carboxylic acids is 1. The van der Waals surface area contributed by atoms with Crippen LogP contribution in [-0.2, 0) is 11.2 Å². The second-order valence-electron chi connectivity index (χ2n) is 7.41. The average Bonchev–Trinajstić information content (AvgIpc) is 3.27. The number of halogens is 1. The summed E-state index contributed by atoms with van der Waals surface area (Å²) in [5, 5.41) is 0.719. The molecule has 2 saturated heterocycles. The largest absolute Gasteiger partial charge is 0.353 e. The fourth-order valence-corrected chi connectivity index (χ4v) is 4.08. The smallest absolute Gasteiger partial charge is 0.227 e. The van der Waals surface area contributed by atoms with Crippen LogP contribution >= 0.6 is 11.6 Å². The maximum Gasteiger partial charge on any atom is 0.227 e. The van der Waals surface area contributed by atoms with Gasteiger partial charge >= 0.3 is 0 Å². The number of rotatable bonds is 5. The zero-order valence-corrected chi connectivity index (χ0v) is 16.8. The number of carbonyl (C=O) groups is 1. The van der Waals surface area contributed by atoms with E-state index in [0.717, 1.165) is 68.0 Å². The van der Waals surface area contributed by atoms with Gasteiger partial charge in [0.2, 0.25) is 11.9 Å². The Balaban J connectivity index is 1.29. The maximum atomic E-state index is 12.6. The fourth-order valence-electron chi connectivity index (χ4n) is 3.87. The van der Waals surface area contributed by atoms with Crippen LogP contribution in [-0.4, -0.2) is 60.0 Å². The van der Waals surface area contributed by atoms with E-state index in [1.165, 1.54) is 12.8 Å². The monoisotopic (exact) mass is 399 g/mol. The molecule has 0 unspecified atom stereocenters. The lowest BCUT2D eigenvalue weighted by atomic mass is 10.1. The summed E-state index contributed by atoms with van der Waals surface area (Å²) in [5.74, 6) is 2.00. The highest BCUT2D eigenvalue weighted by Gasteiger charge is 2.23. The Hall–Kier alpha value is -2.34. The summed E-state index contributed by atoms with van der Waals surface area (Å²) in [4.78, 5) is 28.2. The summed E-state index contributed by atoms with van der Waals surface area (Å²) in [7, 11) is 0. The van der Waals surface area contributed by atoms with Crippen molar-refractivity contribution in [2.75, 3.05) is 49.1 Å². The number of anilines is 2. The number of aromatic nitrogens is 2. The summed E-state index contributed by atoms with van der Waals surface area (Å²) in [6.45, 7) is 5.16. The maximum absolute atomic E-state index is 12.6. The van der Waals surface area contributed by atoms with Crippen LogP contribution in [0, 0.1) is 0 Å². The summed E-state index contributed by atoms with van der Waals surface area (Å²) in [6, 6.07) is 9.70. The number of hydrogen-bond acceptors (Lipinski definition) is 5. The van der Waals surface area contributed by atoms with Crippen LogP contribution in [0.15, 0.2) is 36.5 Å². The van der Waals surface area contributed by atoms with Crippen molar-refractivity contribution in [1.82, 2.24) is 14.9 Å². The van der Waals surface area contributed by atoms with Crippen LogP contribution < -0.4 is 9.80 Å². The molecule has 28 heavy (non-hydrogen) atoms. The van der Waals surface area contributed by atoms with E-state index in [4.69, 9.17) is 16.6 Å². The van der Waals surface area contributed by atoms with E-state index in [0.29, 0.717) is 6.42 Å². The molecule has 2 aromatic rings. The van der Waals surface area contributed by atoms with Gasteiger partial charge in [0.1, 0.15) is 5.82 Å². The van der Waals surface area contributed by atoms with Crippen molar-refractivity contribution in [3.8, 4) is 0 Å². The van der Waals surface area contributed by atoms with Gasteiger partial charge in [-0.2, -0.15) is 4.98 Å². The molecule has 3 heterocycles. The Labute approximate surface area is 171 Å². The quantitative estimate of drug-likeness (QED) is 0.773. The van der Waals surface area contributed by atoms with Crippen molar-refractivity contribution >= 4 is 29.3 Å². The predicted octanol–water partition coefficient (Wildman–Crippen LogP) is 3.01. The van der Waals surface area contributed by atoms with Crippen molar-refractivity contribution in [2.24, 2.45) is 0 Å². The summed E-state index contributed by atoms with van der Waals surface area (Å²) >= 11 is 6.02. The molecule has 0 radical (unpaired) electrons. The lowest BCUT2D eigenvalue weighted by Gasteiger charge is -2.35. The molecule has 0 atom stereocenters. The molecule has 0 N–H and O–H groups in total. The zero-order valence-electron chi connectivity index (χ0n) is 16.1. The highest BCUT2D eigenvalue weighted by atomic mass is 35.5. The molecule has 6 nitrogen and oxygen atoms in total. The van der Waals surface area contributed by atoms with Crippen LogP contribution in [0.25, 0.3) is 0 Å². The summed E-state index contributed by atoms with van der Waals surface area (Å²) in [6.07, 6.45) is 5.52. The summed E-state index contributed by atoms with van der Waals surface area (Å²) in [5.41, 5.74) is 1.11. The molecule has 0 bridgehead atoms. The molecule has 0 saturated carbocycles. The molecular formula is C21H26ClN5O. The van der Waals surface area contributed by atoms with Gasteiger partial charge < -0.3 is 14.7 Å². The third-order valence-corrected chi connectivity index (χ3v) is 5.73. The first-order chi connectivity index (χ1) is 13.7. The Morgan fingerprint density at radius 3 is 2.54 bits per heavy atom. The van der Waals surface area contributed by atoms with Crippen molar-refractivity contribution in [3.05, 3.63) is 47.1 Å². The van der Waals surface area contributed by atoms with E-state index in [1.807, 2.05) is 41.4 Å². The molecule has 1 aromatic carbocycles. The van der Waals surface area contributed by atoms with Gasteiger partial charge in [-0.1, -0.05) is 23.7 Å². The Morgan fingerprint density at radius 1 is 1.00 bits per heavy atom. The van der Waals surface area contributed by atoms with Gasteiger partial charge in [0.15, 0.2) is 0 Å². The molecule has 1 amide bonds. The number of benzene rings is 1. The standard InChI is InChI=1S/C21H26ClN5O/c22-18-5-3-4-17(16-18)6-7-20(28)26-14-12-25(13-15-26)19-8-9-23-21(24-19)27-10-1-2-11-27/h3-5,8-9,16H,1-2,6-7,10-15H2. The molecule has 2 fully saturated rings. The van der Waals surface area contributed by atoms with Crippen molar-refractivity contribution < 1.29 is 4.79 Å². The lowest BCUT2D eigenvalue weighted by Crippen LogP contribution is -2.49. The molecule has 1 aromatic heterocycles. The minimum atomic E-state index is 0.208. The average molecular weight is 400 g/mol. The number of piperazine rings is 1. The lowest BCUT2D eigenvalue weighted by molar-refractivity contribution is -0.131. The van der Waals surface area contributed by atoms with E-state index in [2.05, 4.69) is 14.8 Å².